The van der Waals surface area contributed by atoms with E-state index < -0.39 is 0 Å². The van der Waals surface area contributed by atoms with Gasteiger partial charge in [-0.25, -0.2) is 0 Å². The first-order valence-electron chi connectivity index (χ1n) is 6.90. The van der Waals surface area contributed by atoms with Gasteiger partial charge in [0, 0.05) is 15.5 Å². The molecule has 0 saturated carbocycles. The van der Waals surface area contributed by atoms with Crippen LogP contribution in [0.2, 0.25) is 5.02 Å². The molecule has 1 aliphatic rings. The molecule has 3 heteroatoms. The second-order valence-corrected chi connectivity index (χ2v) is 6.86. The summed E-state index contributed by atoms with van der Waals surface area (Å²) in [6.45, 7) is 0. The van der Waals surface area contributed by atoms with Gasteiger partial charge in [-0.2, -0.15) is 0 Å². The molecule has 2 aromatic rings. The monoisotopic (exact) mass is 349 g/mol. The Bertz CT molecular complexity index is 601. The molecule has 1 unspecified atom stereocenters. The molecule has 0 fully saturated rings. The van der Waals surface area contributed by atoms with Crippen LogP contribution >= 0.6 is 27.5 Å². The molecule has 0 saturated heterocycles. The van der Waals surface area contributed by atoms with Crippen molar-refractivity contribution in [2.75, 3.05) is 0 Å². The van der Waals surface area contributed by atoms with Crippen molar-refractivity contribution in [1.29, 1.82) is 0 Å². The zero-order valence-electron chi connectivity index (χ0n) is 11.2. The van der Waals surface area contributed by atoms with Crippen LogP contribution < -0.4 is 5.73 Å². The molecule has 0 aliphatic heterocycles. The highest BCUT2D eigenvalue weighted by molar-refractivity contribution is 9.10. The van der Waals surface area contributed by atoms with Crippen LogP contribution in [-0.2, 0) is 19.3 Å². The van der Waals surface area contributed by atoms with Gasteiger partial charge in [0.25, 0.3) is 0 Å². The van der Waals surface area contributed by atoms with Crippen LogP contribution in [0.15, 0.2) is 46.9 Å². The number of hydrogen-bond acceptors (Lipinski definition) is 1. The summed E-state index contributed by atoms with van der Waals surface area (Å²) in [5.74, 6) is 0.520. The van der Waals surface area contributed by atoms with Gasteiger partial charge in [-0.05, 0) is 54.0 Å². The van der Waals surface area contributed by atoms with Crippen molar-refractivity contribution < 1.29 is 0 Å². The van der Waals surface area contributed by atoms with Crippen molar-refractivity contribution in [2.45, 2.75) is 25.3 Å². The maximum absolute atomic E-state index is 6.43. The van der Waals surface area contributed by atoms with Crippen molar-refractivity contribution >= 4 is 27.5 Å². The first-order valence-corrected chi connectivity index (χ1v) is 8.07. The molecule has 3 rings (SSSR count). The predicted molar refractivity (Wildman–Crippen MR) is 88.2 cm³/mol. The summed E-state index contributed by atoms with van der Waals surface area (Å²) in [4.78, 5) is 0. The van der Waals surface area contributed by atoms with Crippen molar-refractivity contribution in [2.24, 2.45) is 11.7 Å². The minimum atomic E-state index is 0.154. The maximum atomic E-state index is 6.43. The molecule has 1 aliphatic carbocycles. The number of halogens is 2. The van der Waals surface area contributed by atoms with Crippen LogP contribution in [0.5, 0.6) is 0 Å². The lowest BCUT2D eigenvalue weighted by Crippen LogP contribution is -2.32. The lowest BCUT2D eigenvalue weighted by molar-refractivity contribution is 0.437. The zero-order chi connectivity index (χ0) is 14.1. The molecule has 1 atom stereocenters. The summed E-state index contributed by atoms with van der Waals surface area (Å²) < 4.78 is 1.01. The van der Waals surface area contributed by atoms with Gasteiger partial charge >= 0.3 is 0 Å². The van der Waals surface area contributed by atoms with Crippen LogP contribution in [0, 0.1) is 5.92 Å². The van der Waals surface area contributed by atoms with Crippen LogP contribution in [0.3, 0.4) is 0 Å². The molecule has 104 valence electrons. The second-order valence-electron chi connectivity index (χ2n) is 5.54. The number of benzene rings is 2. The van der Waals surface area contributed by atoms with E-state index in [1.807, 2.05) is 12.1 Å². The third-order valence-electron chi connectivity index (χ3n) is 4.16. The summed E-state index contributed by atoms with van der Waals surface area (Å²) in [6.07, 6.45) is 3.02. The Hall–Kier alpha value is -0.830. The first kappa shape index (κ1) is 14.1. The van der Waals surface area contributed by atoms with Gasteiger partial charge < -0.3 is 5.73 Å². The van der Waals surface area contributed by atoms with E-state index in [1.165, 1.54) is 11.1 Å². The Kier molecular flexibility index (Phi) is 4.16. The number of rotatable bonds is 3. The minimum Gasteiger partial charge on any atom is -0.327 e. The highest BCUT2D eigenvalue weighted by atomic mass is 79.9. The highest BCUT2D eigenvalue weighted by Gasteiger charge is 2.26. The van der Waals surface area contributed by atoms with Crippen LogP contribution in [-0.4, -0.2) is 6.04 Å². The van der Waals surface area contributed by atoms with Gasteiger partial charge in [0.1, 0.15) is 0 Å². The summed E-state index contributed by atoms with van der Waals surface area (Å²) in [5, 5.41) is 0.797. The lowest BCUT2D eigenvalue weighted by Gasteiger charge is -2.19. The average molecular weight is 351 g/mol. The summed E-state index contributed by atoms with van der Waals surface area (Å²) in [5.41, 5.74) is 10.5. The Morgan fingerprint density at radius 2 is 1.80 bits per heavy atom. The van der Waals surface area contributed by atoms with E-state index >= 15 is 0 Å². The topological polar surface area (TPSA) is 26.0 Å². The number of nitrogens with two attached hydrogens (primary N) is 1. The predicted octanol–water partition coefficient (Wildman–Crippen LogP) is 4.39. The van der Waals surface area contributed by atoms with E-state index in [1.54, 1.807) is 0 Å². The van der Waals surface area contributed by atoms with Crippen molar-refractivity contribution in [3.63, 3.8) is 0 Å². The molecular weight excluding hydrogens is 334 g/mol. The van der Waals surface area contributed by atoms with Crippen molar-refractivity contribution in [3.05, 3.63) is 68.7 Å². The van der Waals surface area contributed by atoms with E-state index in [4.69, 9.17) is 17.3 Å². The fourth-order valence-electron chi connectivity index (χ4n) is 3.00. The molecule has 1 nitrogen and oxygen atoms in total. The minimum absolute atomic E-state index is 0.154. The summed E-state index contributed by atoms with van der Waals surface area (Å²) >= 11 is 9.72. The quantitative estimate of drug-likeness (QED) is 0.873. The molecular formula is C17H17BrClN. The van der Waals surface area contributed by atoms with Crippen LogP contribution in [0.4, 0.5) is 0 Å². The molecule has 0 radical (unpaired) electrons. The van der Waals surface area contributed by atoms with E-state index in [9.17, 15) is 0 Å². The lowest BCUT2D eigenvalue weighted by atomic mass is 9.92. The molecule has 0 bridgehead atoms. The van der Waals surface area contributed by atoms with Gasteiger partial charge in [-0.1, -0.05) is 57.9 Å². The Morgan fingerprint density at radius 3 is 2.40 bits per heavy atom. The maximum Gasteiger partial charge on any atom is 0.0449 e. The molecule has 2 N–H and O–H groups in total. The molecule has 0 heterocycles. The third kappa shape index (κ3) is 2.93. The Labute approximate surface area is 133 Å². The van der Waals surface area contributed by atoms with Gasteiger partial charge in [0.05, 0.1) is 0 Å². The Balaban J connectivity index is 1.70. The van der Waals surface area contributed by atoms with E-state index in [2.05, 4.69) is 46.3 Å². The standard InChI is InChI=1S/C17H17BrClN/c18-15-6-5-13(16(19)10-15)9-17(20)14-7-11-3-1-2-4-12(11)8-14/h1-6,10,14,17H,7-9,20H2. The van der Waals surface area contributed by atoms with Gasteiger partial charge in [-0.15, -0.1) is 0 Å². The van der Waals surface area contributed by atoms with E-state index in [0.717, 1.165) is 34.3 Å². The normalized spacial score (nSPS) is 16.1. The summed E-state index contributed by atoms with van der Waals surface area (Å²) in [6, 6.07) is 14.8. The summed E-state index contributed by atoms with van der Waals surface area (Å²) in [7, 11) is 0. The number of hydrogen-bond donors (Lipinski definition) is 1. The third-order valence-corrected chi connectivity index (χ3v) is 5.00. The zero-order valence-corrected chi connectivity index (χ0v) is 13.5. The fourth-order valence-corrected chi connectivity index (χ4v) is 3.75. The van der Waals surface area contributed by atoms with Crippen molar-refractivity contribution in [3.8, 4) is 0 Å². The smallest absolute Gasteiger partial charge is 0.0449 e. The van der Waals surface area contributed by atoms with Gasteiger partial charge in [0.2, 0.25) is 0 Å². The SMILES string of the molecule is NC(Cc1ccc(Br)cc1Cl)C1Cc2ccccc2C1. The Morgan fingerprint density at radius 1 is 1.15 bits per heavy atom. The van der Waals surface area contributed by atoms with E-state index in [-0.39, 0.29) is 6.04 Å². The van der Waals surface area contributed by atoms with Crippen LogP contribution in [0.1, 0.15) is 16.7 Å². The van der Waals surface area contributed by atoms with Crippen LogP contribution in [0.25, 0.3) is 0 Å². The van der Waals surface area contributed by atoms with Gasteiger partial charge in [-0.3, -0.25) is 0 Å². The van der Waals surface area contributed by atoms with Gasteiger partial charge in [0.15, 0.2) is 0 Å². The molecule has 0 aromatic heterocycles. The molecule has 0 spiro atoms. The first-order chi connectivity index (χ1) is 9.63. The molecule has 0 amide bonds. The average Bonchev–Trinajstić information content (AvgIpc) is 2.86. The fraction of sp³-hybridized carbons (Fsp3) is 0.294. The number of fused-ring (bicyclic) bond motifs is 1. The van der Waals surface area contributed by atoms with E-state index in [0.29, 0.717) is 5.92 Å². The largest absolute Gasteiger partial charge is 0.327 e. The van der Waals surface area contributed by atoms with Crippen molar-refractivity contribution in [1.82, 2.24) is 0 Å². The second kappa shape index (κ2) is 5.88. The molecule has 2 aromatic carbocycles. The molecule has 20 heavy (non-hydrogen) atoms. The highest BCUT2D eigenvalue weighted by Crippen LogP contribution is 2.30.